The fourth-order valence-electron chi connectivity index (χ4n) is 4.10. The molecule has 184 valence electrons. The Labute approximate surface area is 197 Å². The number of rotatable bonds is 10. The number of nitrogens with zero attached hydrogens (tertiary/aromatic N) is 1. The standard InChI is InChI=1S/C23H30N4O6S/c1-32-18-5-7-19(8-6-18)34(30,31)27-11-9-16(10-12-27)13-24-14-17(28)15-33-21-4-2-3-20-22(21)26-23(29)25-20/h2-8,16-17,24,28H,9-15H2,1H3,(H2,25,26,29)/t17-/m0/s1. The second-order valence-corrected chi connectivity index (χ2v) is 10.3. The van der Waals surface area contributed by atoms with Crippen molar-refractivity contribution in [2.75, 3.05) is 39.9 Å². The maximum Gasteiger partial charge on any atom is 0.323 e. The third-order valence-corrected chi connectivity index (χ3v) is 7.94. The fraction of sp³-hybridized carbons (Fsp3) is 0.435. The van der Waals surface area contributed by atoms with Gasteiger partial charge in [-0.1, -0.05) is 6.07 Å². The van der Waals surface area contributed by atoms with Crippen LogP contribution >= 0.6 is 0 Å². The van der Waals surface area contributed by atoms with Crippen molar-refractivity contribution in [3.05, 3.63) is 52.9 Å². The van der Waals surface area contributed by atoms with Crippen molar-refractivity contribution in [1.29, 1.82) is 0 Å². The van der Waals surface area contributed by atoms with Crippen molar-refractivity contribution < 1.29 is 23.0 Å². The van der Waals surface area contributed by atoms with Crippen LogP contribution in [0, 0.1) is 5.92 Å². The first-order valence-electron chi connectivity index (χ1n) is 11.2. The lowest BCUT2D eigenvalue weighted by Gasteiger charge is -2.31. The summed E-state index contributed by atoms with van der Waals surface area (Å²) < 4.78 is 38.0. The Bertz CT molecular complexity index is 1250. The van der Waals surface area contributed by atoms with Gasteiger partial charge in [-0.3, -0.25) is 0 Å². The third kappa shape index (κ3) is 5.61. The predicted octanol–water partition coefficient (Wildman–Crippen LogP) is 1.29. The number of ether oxygens (including phenoxy) is 2. The van der Waals surface area contributed by atoms with Gasteiger partial charge in [0.1, 0.15) is 29.7 Å². The van der Waals surface area contributed by atoms with Gasteiger partial charge in [0, 0.05) is 19.6 Å². The molecule has 1 fully saturated rings. The van der Waals surface area contributed by atoms with Gasteiger partial charge in [-0.25, -0.2) is 13.2 Å². The summed E-state index contributed by atoms with van der Waals surface area (Å²) in [6.45, 7) is 2.05. The van der Waals surface area contributed by atoms with E-state index in [9.17, 15) is 18.3 Å². The van der Waals surface area contributed by atoms with E-state index >= 15 is 0 Å². The van der Waals surface area contributed by atoms with Gasteiger partial charge in [-0.15, -0.1) is 0 Å². The highest BCUT2D eigenvalue weighted by atomic mass is 32.2. The highest BCUT2D eigenvalue weighted by Gasteiger charge is 2.29. The SMILES string of the molecule is COc1ccc(S(=O)(=O)N2CCC(CNC[C@H](O)COc3cccc4[nH]c(=O)[nH]c34)CC2)cc1. The molecule has 0 amide bonds. The van der Waals surface area contributed by atoms with Crippen LogP contribution in [0.5, 0.6) is 11.5 Å². The number of aliphatic hydroxyl groups excluding tert-OH is 1. The number of piperidine rings is 1. The van der Waals surface area contributed by atoms with Crippen molar-refractivity contribution in [1.82, 2.24) is 19.6 Å². The van der Waals surface area contributed by atoms with Gasteiger partial charge in [0.25, 0.3) is 0 Å². The Kier molecular flexibility index (Phi) is 7.57. The largest absolute Gasteiger partial charge is 0.497 e. The number of fused-ring (bicyclic) bond motifs is 1. The van der Waals surface area contributed by atoms with Crippen molar-refractivity contribution >= 4 is 21.1 Å². The van der Waals surface area contributed by atoms with Crippen molar-refractivity contribution in [3.63, 3.8) is 0 Å². The molecule has 0 unspecified atom stereocenters. The minimum atomic E-state index is -3.52. The molecule has 0 aliphatic carbocycles. The number of methoxy groups -OCH3 is 1. The molecule has 1 aliphatic heterocycles. The predicted molar refractivity (Wildman–Crippen MR) is 128 cm³/mol. The summed E-state index contributed by atoms with van der Waals surface area (Å²) in [5.74, 6) is 1.45. The first-order valence-corrected chi connectivity index (χ1v) is 12.7. The van der Waals surface area contributed by atoms with Crippen LogP contribution in [-0.2, 0) is 10.0 Å². The Hall–Kier alpha value is -2.86. The van der Waals surface area contributed by atoms with E-state index in [1.807, 2.05) is 0 Å². The van der Waals surface area contributed by atoms with E-state index in [1.165, 1.54) is 4.31 Å². The molecule has 11 heteroatoms. The van der Waals surface area contributed by atoms with E-state index in [-0.39, 0.29) is 17.2 Å². The van der Waals surface area contributed by atoms with Gasteiger partial charge < -0.3 is 29.9 Å². The second-order valence-electron chi connectivity index (χ2n) is 8.40. The van der Waals surface area contributed by atoms with Crippen LogP contribution in [-0.4, -0.2) is 73.8 Å². The number of hydrogen-bond acceptors (Lipinski definition) is 7. The zero-order valence-electron chi connectivity index (χ0n) is 19.0. The molecule has 3 aromatic rings. The third-order valence-electron chi connectivity index (χ3n) is 6.03. The molecule has 1 saturated heterocycles. The van der Waals surface area contributed by atoms with Crippen LogP contribution in [0.1, 0.15) is 12.8 Å². The number of aromatic amines is 2. The molecular formula is C23H30N4O6S. The van der Waals surface area contributed by atoms with E-state index in [4.69, 9.17) is 9.47 Å². The van der Waals surface area contributed by atoms with E-state index in [0.717, 1.165) is 12.8 Å². The summed E-state index contributed by atoms with van der Waals surface area (Å²) in [6, 6.07) is 11.7. The molecular weight excluding hydrogens is 460 g/mol. The average Bonchev–Trinajstić information content (AvgIpc) is 3.24. The number of aromatic nitrogens is 2. The number of imidazole rings is 1. The van der Waals surface area contributed by atoms with E-state index in [1.54, 1.807) is 49.6 Å². The first-order chi connectivity index (χ1) is 16.4. The van der Waals surface area contributed by atoms with Crippen LogP contribution in [0.2, 0.25) is 0 Å². The molecule has 4 N–H and O–H groups in total. The van der Waals surface area contributed by atoms with Crippen molar-refractivity contribution in [3.8, 4) is 11.5 Å². The number of para-hydroxylation sites is 1. The number of nitrogens with one attached hydrogen (secondary N) is 3. The van der Waals surface area contributed by atoms with Gasteiger partial charge in [-0.05, 0) is 61.7 Å². The number of hydrogen-bond donors (Lipinski definition) is 4. The molecule has 0 radical (unpaired) electrons. The van der Waals surface area contributed by atoms with Crippen LogP contribution in [0.4, 0.5) is 0 Å². The second kappa shape index (κ2) is 10.6. The Morgan fingerprint density at radius 3 is 2.59 bits per heavy atom. The number of aliphatic hydroxyl groups is 1. The highest BCUT2D eigenvalue weighted by Crippen LogP contribution is 2.25. The van der Waals surface area contributed by atoms with Gasteiger partial charge in [0.05, 0.1) is 17.5 Å². The summed E-state index contributed by atoms with van der Waals surface area (Å²) in [7, 11) is -1.97. The molecule has 1 aliphatic rings. The summed E-state index contributed by atoms with van der Waals surface area (Å²) >= 11 is 0. The fourth-order valence-corrected chi connectivity index (χ4v) is 5.57. The summed E-state index contributed by atoms with van der Waals surface area (Å²) in [6.07, 6.45) is 0.770. The summed E-state index contributed by atoms with van der Waals surface area (Å²) in [4.78, 5) is 17.1. The molecule has 1 atom stereocenters. The van der Waals surface area contributed by atoms with Crippen molar-refractivity contribution in [2.45, 2.75) is 23.8 Å². The maximum atomic E-state index is 12.9. The smallest absolute Gasteiger partial charge is 0.323 e. The van der Waals surface area contributed by atoms with Crippen LogP contribution in [0.25, 0.3) is 11.0 Å². The average molecular weight is 491 g/mol. The van der Waals surface area contributed by atoms with Crippen LogP contribution < -0.4 is 20.5 Å². The maximum absolute atomic E-state index is 12.9. The molecule has 0 saturated carbocycles. The molecule has 34 heavy (non-hydrogen) atoms. The zero-order chi connectivity index (χ0) is 24.1. The van der Waals surface area contributed by atoms with E-state index in [2.05, 4.69) is 15.3 Å². The Morgan fingerprint density at radius 1 is 1.15 bits per heavy atom. The molecule has 10 nitrogen and oxygen atoms in total. The Morgan fingerprint density at radius 2 is 1.88 bits per heavy atom. The minimum Gasteiger partial charge on any atom is -0.497 e. The Balaban J connectivity index is 1.19. The number of benzene rings is 2. The van der Waals surface area contributed by atoms with Gasteiger partial charge in [0.2, 0.25) is 10.0 Å². The number of H-pyrrole nitrogens is 2. The lowest BCUT2D eigenvalue weighted by Crippen LogP contribution is -2.42. The highest BCUT2D eigenvalue weighted by molar-refractivity contribution is 7.89. The van der Waals surface area contributed by atoms with E-state index in [0.29, 0.717) is 54.6 Å². The molecule has 1 aromatic heterocycles. The lowest BCUT2D eigenvalue weighted by molar-refractivity contribution is 0.105. The molecule has 0 spiro atoms. The molecule has 0 bridgehead atoms. The topological polar surface area (TPSA) is 137 Å². The summed E-state index contributed by atoms with van der Waals surface area (Å²) in [5, 5.41) is 13.5. The molecule has 2 heterocycles. The van der Waals surface area contributed by atoms with Crippen LogP contribution in [0.15, 0.2) is 52.2 Å². The quantitative estimate of drug-likeness (QED) is 0.336. The molecule has 2 aromatic carbocycles. The van der Waals surface area contributed by atoms with Crippen LogP contribution in [0.3, 0.4) is 0 Å². The van der Waals surface area contributed by atoms with Gasteiger partial charge in [-0.2, -0.15) is 4.31 Å². The van der Waals surface area contributed by atoms with E-state index < -0.39 is 16.1 Å². The zero-order valence-corrected chi connectivity index (χ0v) is 19.8. The molecule has 4 rings (SSSR count). The minimum absolute atomic E-state index is 0.0812. The normalized spacial score (nSPS) is 16.5. The van der Waals surface area contributed by atoms with Gasteiger partial charge >= 0.3 is 5.69 Å². The van der Waals surface area contributed by atoms with Gasteiger partial charge in [0.15, 0.2) is 0 Å². The summed E-state index contributed by atoms with van der Waals surface area (Å²) in [5.41, 5.74) is 0.913. The first kappa shape index (κ1) is 24.3. The monoisotopic (exact) mass is 490 g/mol. The number of sulfonamides is 1. The lowest BCUT2D eigenvalue weighted by atomic mass is 9.98. The van der Waals surface area contributed by atoms with Crippen molar-refractivity contribution in [2.24, 2.45) is 5.92 Å².